The van der Waals surface area contributed by atoms with Gasteiger partial charge in [0.05, 0.1) is 0 Å². The third-order valence-electron chi connectivity index (χ3n) is 2.64. The van der Waals surface area contributed by atoms with Crippen molar-refractivity contribution < 1.29 is 4.79 Å². The van der Waals surface area contributed by atoms with Crippen molar-refractivity contribution in [3.63, 3.8) is 0 Å². The Morgan fingerprint density at radius 2 is 2.14 bits per heavy atom. The van der Waals surface area contributed by atoms with Gasteiger partial charge in [0.15, 0.2) is 8.68 Å². The summed E-state index contributed by atoms with van der Waals surface area (Å²) in [6.07, 6.45) is 2.40. The number of nitrogen functional groups attached to an aromatic ring is 1. The number of rotatable bonds is 6. The van der Waals surface area contributed by atoms with Crippen LogP contribution in [0.2, 0.25) is 0 Å². The summed E-state index contributed by atoms with van der Waals surface area (Å²) in [5.74, 6) is 0.674. The Morgan fingerprint density at radius 1 is 1.38 bits per heavy atom. The number of amides is 1. The molecule has 0 unspecified atom stereocenters. The van der Waals surface area contributed by atoms with E-state index in [1.54, 1.807) is 40.9 Å². The predicted molar refractivity (Wildman–Crippen MR) is 91.3 cm³/mol. The van der Waals surface area contributed by atoms with Crippen molar-refractivity contribution in [2.75, 3.05) is 23.1 Å². The van der Waals surface area contributed by atoms with Crippen LogP contribution in [0.15, 0.2) is 26.9 Å². The van der Waals surface area contributed by atoms with Gasteiger partial charge in [-0.15, -0.1) is 10.2 Å². The van der Waals surface area contributed by atoms with E-state index in [1.807, 2.05) is 25.3 Å². The third kappa shape index (κ3) is 4.90. The van der Waals surface area contributed by atoms with Gasteiger partial charge in [-0.25, -0.2) is 0 Å². The number of nitrogens with two attached hydrogens (primary N) is 1. The Hall–Kier alpha value is -1.25. The largest absolute Gasteiger partial charge is 0.399 e. The standard InChI is InChI=1S/C13H16N4OS3/c1-8-7-9(14)3-4-10(8)15-11(18)5-6-20-13-17-16-12(19-2)21-13/h3-4,7H,5-6,14H2,1-2H3,(H,15,18). The summed E-state index contributed by atoms with van der Waals surface area (Å²) in [5.41, 5.74) is 8.15. The molecular formula is C13H16N4OS3. The molecule has 112 valence electrons. The summed E-state index contributed by atoms with van der Waals surface area (Å²) in [6.45, 7) is 1.92. The highest BCUT2D eigenvalue weighted by molar-refractivity contribution is 8.02. The topological polar surface area (TPSA) is 80.9 Å². The van der Waals surface area contributed by atoms with Crippen molar-refractivity contribution in [2.45, 2.75) is 22.0 Å². The Labute approximate surface area is 136 Å². The molecule has 0 spiro atoms. The molecule has 1 aromatic heterocycles. The van der Waals surface area contributed by atoms with Crippen molar-refractivity contribution in [1.29, 1.82) is 0 Å². The van der Waals surface area contributed by atoms with E-state index >= 15 is 0 Å². The van der Waals surface area contributed by atoms with Crippen molar-refractivity contribution in [1.82, 2.24) is 10.2 Å². The number of thioether (sulfide) groups is 2. The van der Waals surface area contributed by atoms with Crippen molar-refractivity contribution in [3.8, 4) is 0 Å². The Bertz CT molecular complexity index is 630. The number of hydrogen-bond donors (Lipinski definition) is 2. The van der Waals surface area contributed by atoms with Crippen LogP contribution in [0.25, 0.3) is 0 Å². The summed E-state index contributed by atoms with van der Waals surface area (Å²) >= 11 is 4.68. The molecule has 8 heteroatoms. The minimum absolute atomic E-state index is 0.00928. The lowest BCUT2D eigenvalue weighted by atomic mass is 10.2. The zero-order valence-corrected chi connectivity index (χ0v) is 14.2. The number of aryl methyl sites for hydroxylation is 1. The number of carbonyl (C=O) groups excluding carboxylic acids is 1. The summed E-state index contributed by atoms with van der Waals surface area (Å²) in [7, 11) is 0. The van der Waals surface area contributed by atoms with Gasteiger partial charge in [0.25, 0.3) is 0 Å². The SMILES string of the molecule is CSc1nnc(SCCC(=O)Nc2ccc(N)cc2C)s1. The van der Waals surface area contributed by atoms with Crippen LogP contribution in [0.5, 0.6) is 0 Å². The van der Waals surface area contributed by atoms with Gasteiger partial charge in [-0.1, -0.05) is 34.9 Å². The van der Waals surface area contributed by atoms with E-state index in [-0.39, 0.29) is 5.91 Å². The van der Waals surface area contributed by atoms with Crippen LogP contribution in [0.4, 0.5) is 11.4 Å². The van der Waals surface area contributed by atoms with Gasteiger partial charge >= 0.3 is 0 Å². The molecule has 1 amide bonds. The van der Waals surface area contributed by atoms with Crippen LogP contribution in [0, 0.1) is 6.92 Å². The molecule has 0 saturated heterocycles. The Balaban J connectivity index is 1.79. The van der Waals surface area contributed by atoms with E-state index in [2.05, 4.69) is 15.5 Å². The van der Waals surface area contributed by atoms with Crippen LogP contribution in [-0.4, -0.2) is 28.1 Å². The average Bonchev–Trinajstić information content (AvgIpc) is 2.90. The fraction of sp³-hybridized carbons (Fsp3) is 0.308. The van der Waals surface area contributed by atoms with Gasteiger partial charge in [-0.2, -0.15) is 0 Å². The molecule has 0 saturated carbocycles. The molecular weight excluding hydrogens is 324 g/mol. The molecule has 0 aliphatic carbocycles. The number of nitrogens with zero attached hydrogens (tertiary/aromatic N) is 2. The molecule has 3 N–H and O–H groups in total. The van der Waals surface area contributed by atoms with Crippen molar-refractivity contribution in [3.05, 3.63) is 23.8 Å². The summed E-state index contributed by atoms with van der Waals surface area (Å²) < 4.78 is 1.84. The fourth-order valence-electron chi connectivity index (χ4n) is 1.61. The van der Waals surface area contributed by atoms with Crippen LogP contribution < -0.4 is 11.1 Å². The second-order valence-corrected chi connectivity index (χ2v) is 7.63. The van der Waals surface area contributed by atoms with Crippen LogP contribution in [0.1, 0.15) is 12.0 Å². The first-order chi connectivity index (χ1) is 10.1. The lowest BCUT2D eigenvalue weighted by Gasteiger charge is -2.08. The zero-order chi connectivity index (χ0) is 15.2. The first-order valence-electron chi connectivity index (χ1n) is 6.25. The number of benzene rings is 1. The maximum atomic E-state index is 11.9. The van der Waals surface area contributed by atoms with Gasteiger partial charge in [-0.05, 0) is 36.9 Å². The molecule has 2 aromatic rings. The zero-order valence-electron chi connectivity index (χ0n) is 11.8. The summed E-state index contributed by atoms with van der Waals surface area (Å²) in [4.78, 5) is 11.9. The minimum Gasteiger partial charge on any atom is -0.399 e. The molecule has 2 rings (SSSR count). The molecule has 0 bridgehead atoms. The number of anilines is 2. The van der Waals surface area contributed by atoms with Crippen LogP contribution in [-0.2, 0) is 4.79 Å². The van der Waals surface area contributed by atoms with Crippen LogP contribution >= 0.6 is 34.9 Å². The van der Waals surface area contributed by atoms with Crippen LogP contribution in [0.3, 0.4) is 0 Å². The lowest BCUT2D eigenvalue weighted by molar-refractivity contribution is -0.115. The molecule has 0 atom stereocenters. The van der Waals surface area contributed by atoms with Crippen molar-refractivity contribution in [2.24, 2.45) is 0 Å². The van der Waals surface area contributed by atoms with Gasteiger partial charge in [0, 0.05) is 23.5 Å². The van der Waals surface area contributed by atoms with E-state index in [0.29, 0.717) is 17.9 Å². The normalized spacial score (nSPS) is 10.6. The highest BCUT2D eigenvalue weighted by Crippen LogP contribution is 2.27. The first kappa shape index (κ1) is 16.1. The monoisotopic (exact) mass is 340 g/mol. The summed E-state index contributed by atoms with van der Waals surface area (Å²) in [6, 6.07) is 5.45. The highest BCUT2D eigenvalue weighted by atomic mass is 32.2. The minimum atomic E-state index is -0.00928. The first-order valence-corrected chi connectivity index (χ1v) is 9.27. The number of aromatic nitrogens is 2. The summed E-state index contributed by atoms with van der Waals surface area (Å²) in [5, 5.41) is 11.0. The number of carbonyl (C=O) groups is 1. The van der Waals surface area contributed by atoms with E-state index in [0.717, 1.165) is 19.9 Å². The lowest BCUT2D eigenvalue weighted by Crippen LogP contribution is -2.13. The molecule has 0 aliphatic heterocycles. The quantitative estimate of drug-likeness (QED) is 0.620. The highest BCUT2D eigenvalue weighted by Gasteiger charge is 2.08. The average molecular weight is 340 g/mol. The molecule has 0 aliphatic rings. The molecule has 21 heavy (non-hydrogen) atoms. The van der Waals surface area contributed by atoms with E-state index in [9.17, 15) is 4.79 Å². The van der Waals surface area contributed by atoms with E-state index in [4.69, 9.17) is 5.73 Å². The predicted octanol–water partition coefficient (Wildman–Crippen LogP) is 3.27. The van der Waals surface area contributed by atoms with Gasteiger partial charge in [-0.3, -0.25) is 4.79 Å². The third-order valence-corrected chi connectivity index (χ3v) is 5.68. The smallest absolute Gasteiger partial charge is 0.225 e. The van der Waals surface area contributed by atoms with Gasteiger partial charge in [0.1, 0.15) is 0 Å². The Kier molecular flexibility index (Phi) is 5.89. The van der Waals surface area contributed by atoms with Crippen molar-refractivity contribution >= 4 is 52.1 Å². The molecule has 1 aromatic carbocycles. The maximum absolute atomic E-state index is 11.9. The van der Waals surface area contributed by atoms with E-state index < -0.39 is 0 Å². The molecule has 5 nitrogen and oxygen atoms in total. The Morgan fingerprint density at radius 3 is 2.81 bits per heavy atom. The number of hydrogen-bond acceptors (Lipinski definition) is 7. The molecule has 1 heterocycles. The second-order valence-electron chi connectivity index (χ2n) is 4.26. The second kappa shape index (κ2) is 7.67. The molecule has 0 radical (unpaired) electrons. The number of nitrogens with one attached hydrogen (secondary N) is 1. The molecule has 0 fully saturated rings. The fourth-order valence-corrected chi connectivity index (χ4v) is 4.06. The van der Waals surface area contributed by atoms with Gasteiger partial charge < -0.3 is 11.1 Å². The van der Waals surface area contributed by atoms with Gasteiger partial charge in [0.2, 0.25) is 5.91 Å². The maximum Gasteiger partial charge on any atom is 0.225 e. The van der Waals surface area contributed by atoms with E-state index in [1.165, 1.54) is 0 Å².